The summed E-state index contributed by atoms with van der Waals surface area (Å²) in [6, 6.07) is 1.19. The van der Waals surface area contributed by atoms with Crippen molar-refractivity contribution in [2.45, 2.75) is 57.0 Å². The molecular weight excluding hydrogens is 224 g/mol. The van der Waals surface area contributed by atoms with Crippen LogP contribution in [0.1, 0.15) is 44.9 Å². The first-order valence-electron chi connectivity index (χ1n) is 7.60. The lowest BCUT2D eigenvalue weighted by atomic mass is 9.72. The van der Waals surface area contributed by atoms with Crippen LogP contribution >= 0.6 is 0 Å². The lowest BCUT2D eigenvalue weighted by Crippen LogP contribution is -2.60. The molecule has 0 N–H and O–H groups in total. The highest BCUT2D eigenvalue weighted by Crippen LogP contribution is 2.43. The van der Waals surface area contributed by atoms with Gasteiger partial charge in [-0.15, -0.1) is 0 Å². The van der Waals surface area contributed by atoms with Crippen LogP contribution in [0.2, 0.25) is 0 Å². The number of fused-ring (bicyclic) bond motifs is 2. The van der Waals surface area contributed by atoms with Crippen molar-refractivity contribution in [1.29, 1.82) is 0 Å². The summed E-state index contributed by atoms with van der Waals surface area (Å²) < 4.78 is 0. The van der Waals surface area contributed by atoms with Crippen LogP contribution in [0.25, 0.3) is 0 Å². The molecule has 4 aliphatic rings. The molecule has 0 aliphatic carbocycles. The second-order valence-corrected chi connectivity index (χ2v) is 6.36. The summed E-state index contributed by atoms with van der Waals surface area (Å²) in [5, 5.41) is 0. The topological polar surface area (TPSA) is 23.6 Å². The van der Waals surface area contributed by atoms with Gasteiger partial charge in [0.25, 0.3) is 0 Å². The predicted molar refractivity (Wildman–Crippen MR) is 69.9 cm³/mol. The van der Waals surface area contributed by atoms with Gasteiger partial charge in [-0.1, -0.05) is 0 Å². The van der Waals surface area contributed by atoms with Gasteiger partial charge in [0, 0.05) is 24.7 Å². The number of hydrogen-bond acceptors (Lipinski definition) is 2. The molecule has 98 valence electrons. The van der Waals surface area contributed by atoms with Crippen LogP contribution in [0.15, 0.2) is 11.8 Å². The van der Waals surface area contributed by atoms with Gasteiger partial charge in [-0.3, -0.25) is 9.69 Å². The molecule has 0 aromatic rings. The van der Waals surface area contributed by atoms with E-state index >= 15 is 0 Å². The van der Waals surface area contributed by atoms with Crippen LogP contribution in [0.5, 0.6) is 0 Å². The maximum absolute atomic E-state index is 12.1. The van der Waals surface area contributed by atoms with Crippen molar-refractivity contribution >= 4 is 5.91 Å². The zero-order chi connectivity index (χ0) is 12.1. The summed E-state index contributed by atoms with van der Waals surface area (Å²) in [5.41, 5.74) is 1.55. The third-order valence-corrected chi connectivity index (χ3v) is 5.41. The smallest absolute Gasteiger partial charge is 0.226 e. The van der Waals surface area contributed by atoms with Crippen LogP contribution in [-0.2, 0) is 4.79 Å². The van der Waals surface area contributed by atoms with E-state index in [-0.39, 0.29) is 0 Å². The monoisotopic (exact) mass is 246 g/mol. The third kappa shape index (κ3) is 1.49. The summed E-state index contributed by atoms with van der Waals surface area (Å²) >= 11 is 0. The van der Waals surface area contributed by atoms with E-state index in [1.165, 1.54) is 45.2 Å². The van der Waals surface area contributed by atoms with Gasteiger partial charge in [-0.2, -0.15) is 0 Å². The first kappa shape index (κ1) is 11.0. The Morgan fingerprint density at radius 1 is 1.06 bits per heavy atom. The van der Waals surface area contributed by atoms with Crippen molar-refractivity contribution in [1.82, 2.24) is 9.80 Å². The van der Waals surface area contributed by atoms with Gasteiger partial charge in [-0.05, 0) is 63.1 Å². The molecule has 4 aliphatic heterocycles. The summed E-state index contributed by atoms with van der Waals surface area (Å²) in [4.78, 5) is 16.9. The third-order valence-electron chi connectivity index (χ3n) is 5.41. The molecule has 0 saturated carbocycles. The van der Waals surface area contributed by atoms with E-state index in [0.29, 0.717) is 18.0 Å². The van der Waals surface area contributed by atoms with Crippen molar-refractivity contribution in [2.75, 3.05) is 13.1 Å². The van der Waals surface area contributed by atoms with Crippen LogP contribution in [0.3, 0.4) is 0 Å². The van der Waals surface area contributed by atoms with Crippen LogP contribution in [0.4, 0.5) is 0 Å². The molecule has 1 amide bonds. The lowest BCUT2D eigenvalue weighted by molar-refractivity contribution is -0.136. The predicted octanol–water partition coefficient (Wildman–Crippen LogP) is 2.14. The van der Waals surface area contributed by atoms with Crippen molar-refractivity contribution in [3.05, 3.63) is 11.8 Å². The number of carbonyl (C=O) groups is 1. The van der Waals surface area contributed by atoms with E-state index in [2.05, 4.69) is 16.0 Å². The number of piperidine rings is 3. The summed E-state index contributed by atoms with van der Waals surface area (Å²) in [6.07, 6.45) is 10.5. The summed E-state index contributed by atoms with van der Waals surface area (Å²) in [7, 11) is 0. The molecule has 3 nitrogen and oxygen atoms in total. The SMILES string of the molecule is O=C1CCC[C@@H]2[C@@H]3CCCN4CCCC(=CN12)[C@H]34. The van der Waals surface area contributed by atoms with Gasteiger partial charge in [-0.25, -0.2) is 0 Å². The normalized spacial score (nSPS) is 40.0. The highest BCUT2D eigenvalue weighted by molar-refractivity contribution is 5.78. The largest absolute Gasteiger partial charge is 0.316 e. The standard InChI is InChI=1S/C15H22N2O/c18-14-7-1-6-13-12-5-3-9-16-8-2-4-11(15(12)16)10-17(13)14/h10,12-13,15H,1-9H2/t12-,13+,15+/m0/s1. The Balaban J connectivity index is 1.74. The molecule has 0 aromatic heterocycles. The van der Waals surface area contributed by atoms with Crippen LogP contribution in [0, 0.1) is 5.92 Å². The number of nitrogens with zero attached hydrogens (tertiary/aromatic N) is 2. The molecule has 0 unspecified atom stereocenters. The number of rotatable bonds is 0. The Kier molecular flexibility index (Phi) is 2.51. The Morgan fingerprint density at radius 3 is 2.89 bits per heavy atom. The van der Waals surface area contributed by atoms with E-state index in [4.69, 9.17) is 0 Å². The molecule has 4 rings (SSSR count). The molecule has 3 fully saturated rings. The Hall–Kier alpha value is -0.830. The first-order chi connectivity index (χ1) is 8.84. The molecule has 3 heteroatoms. The fraction of sp³-hybridized carbons (Fsp3) is 0.800. The molecular formula is C15H22N2O. The number of amides is 1. The second-order valence-electron chi connectivity index (χ2n) is 6.36. The van der Waals surface area contributed by atoms with Crippen molar-refractivity contribution < 1.29 is 4.79 Å². The molecule has 0 radical (unpaired) electrons. The minimum atomic E-state index is 0.375. The van der Waals surface area contributed by atoms with Gasteiger partial charge in [0.05, 0.1) is 0 Å². The molecule has 0 spiro atoms. The van der Waals surface area contributed by atoms with E-state index in [1.54, 1.807) is 5.57 Å². The number of carbonyl (C=O) groups excluding carboxylic acids is 1. The second kappa shape index (κ2) is 4.09. The maximum Gasteiger partial charge on any atom is 0.226 e. The molecule has 4 heterocycles. The fourth-order valence-electron chi connectivity index (χ4n) is 4.72. The maximum atomic E-state index is 12.1. The van der Waals surface area contributed by atoms with Crippen molar-refractivity contribution in [2.24, 2.45) is 5.92 Å². The fourth-order valence-corrected chi connectivity index (χ4v) is 4.72. The average Bonchev–Trinajstić information content (AvgIpc) is 2.41. The Labute approximate surface area is 109 Å². The van der Waals surface area contributed by atoms with Gasteiger partial charge >= 0.3 is 0 Å². The van der Waals surface area contributed by atoms with Gasteiger partial charge < -0.3 is 4.90 Å². The summed E-state index contributed by atoms with van der Waals surface area (Å²) in [5.74, 6) is 1.10. The zero-order valence-corrected chi connectivity index (χ0v) is 11.0. The van der Waals surface area contributed by atoms with Crippen molar-refractivity contribution in [3.8, 4) is 0 Å². The highest BCUT2D eigenvalue weighted by atomic mass is 16.2. The lowest BCUT2D eigenvalue weighted by Gasteiger charge is -2.54. The average molecular weight is 246 g/mol. The Morgan fingerprint density at radius 2 is 1.94 bits per heavy atom. The molecule has 0 aromatic carbocycles. The van der Waals surface area contributed by atoms with Gasteiger partial charge in [0.15, 0.2) is 0 Å². The molecule has 0 bridgehead atoms. The van der Waals surface area contributed by atoms with Crippen LogP contribution in [-0.4, -0.2) is 40.9 Å². The van der Waals surface area contributed by atoms with E-state index in [9.17, 15) is 4.79 Å². The first-order valence-corrected chi connectivity index (χ1v) is 7.60. The van der Waals surface area contributed by atoms with E-state index in [0.717, 1.165) is 18.8 Å². The minimum Gasteiger partial charge on any atom is -0.316 e. The Bertz CT molecular complexity index is 401. The number of hydrogen-bond donors (Lipinski definition) is 0. The zero-order valence-electron chi connectivity index (χ0n) is 11.0. The van der Waals surface area contributed by atoms with Gasteiger partial charge in [0.2, 0.25) is 5.91 Å². The van der Waals surface area contributed by atoms with Crippen molar-refractivity contribution in [3.63, 3.8) is 0 Å². The molecule has 18 heavy (non-hydrogen) atoms. The van der Waals surface area contributed by atoms with E-state index in [1.807, 2.05) is 0 Å². The summed E-state index contributed by atoms with van der Waals surface area (Å²) in [6.45, 7) is 2.55. The quantitative estimate of drug-likeness (QED) is 0.654. The highest BCUT2D eigenvalue weighted by Gasteiger charge is 2.46. The van der Waals surface area contributed by atoms with Crippen LogP contribution < -0.4 is 0 Å². The molecule has 3 saturated heterocycles. The van der Waals surface area contributed by atoms with E-state index < -0.39 is 0 Å². The molecule has 3 atom stereocenters. The minimum absolute atomic E-state index is 0.375. The van der Waals surface area contributed by atoms with Gasteiger partial charge in [0.1, 0.15) is 0 Å².